The van der Waals surface area contributed by atoms with Gasteiger partial charge >= 0.3 is 6.03 Å². The van der Waals surface area contributed by atoms with Crippen LogP contribution in [0.1, 0.15) is 26.2 Å². The second kappa shape index (κ2) is 6.09. The number of nitrogens with zero attached hydrogens (tertiary/aromatic N) is 1. The van der Waals surface area contributed by atoms with Crippen LogP contribution in [0.4, 0.5) is 16.2 Å². The Bertz CT molecular complexity index is 532. The molecule has 7 nitrogen and oxygen atoms in total. The Labute approximate surface area is 122 Å². The maximum absolute atomic E-state index is 12.0. The Morgan fingerprint density at radius 3 is 2.71 bits per heavy atom. The average molecular weight is 293 g/mol. The van der Waals surface area contributed by atoms with Crippen molar-refractivity contribution in [1.29, 1.82) is 0 Å². The lowest BCUT2D eigenvalue weighted by atomic mass is 9.86. The van der Waals surface area contributed by atoms with E-state index in [0.29, 0.717) is 5.69 Å². The van der Waals surface area contributed by atoms with Crippen molar-refractivity contribution in [1.82, 2.24) is 5.32 Å². The number of carbonyl (C=O) groups is 1. The van der Waals surface area contributed by atoms with E-state index in [1.54, 1.807) is 0 Å². The number of carbonyl (C=O) groups excluding carboxylic acids is 1. The SMILES string of the molecule is C[C@]1(CO)CCC[C@H]1NC(=O)Nc1ccc([N+](=O)[O-])cc1. The van der Waals surface area contributed by atoms with E-state index in [-0.39, 0.29) is 29.8 Å². The minimum absolute atomic E-state index is 0.0235. The van der Waals surface area contributed by atoms with Gasteiger partial charge in [-0.05, 0) is 25.0 Å². The van der Waals surface area contributed by atoms with Crippen molar-refractivity contribution in [2.45, 2.75) is 32.2 Å². The summed E-state index contributed by atoms with van der Waals surface area (Å²) in [5.74, 6) is 0. The Balaban J connectivity index is 1.94. The smallest absolute Gasteiger partial charge is 0.319 e. The Morgan fingerprint density at radius 1 is 1.48 bits per heavy atom. The summed E-state index contributed by atoms with van der Waals surface area (Å²) in [4.78, 5) is 22.0. The lowest BCUT2D eigenvalue weighted by Crippen LogP contribution is -2.46. The van der Waals surface area contributed by atoms with Crippen LogP contribution in [-0.2, 0) is 0 Å². The molecule has 1 aromatic rings. The highest BCUT2D eigenvalue weighted by Crippen LogP contribution is 2.37. The first-order valence-corrected chi connectivity index (χ1v) is 6.87. The number of nitro groups is 1. The molecule has 3 N–H and O–H groups in total. The van der Waals surface area contributed by atoms with Gasteiger partial charge in [-0.3, -0.25) is 10.1 Å². The molecule has 0 spiro atoms. The molecule has 1 fully saturated rings. The van der Waals surface area contributed by atoms with Crippen molar-refractivity contribution < 1.29 is 14.8 Å². The van der Waals surface area contributed by atoms with Gasteiger partial charge < -0.3 is 15.7 Å². The van der Waals surface area contributed by atoms with Gasteiger partial charge in [-0.15, -0.1) is 0 Å². The molecule has 1 saturated carbocycles. The summed E-state index contributed by atoms with van der Waals surface area (Å²) in [6.45, 7) is 1.99. The summed E-state index contributed by atoms with van der Waals surface area (Å²) < 4.78 is 0. The molecule has 0 unspecified atom stereocenters. The Morgan fingerprint density at radius 2 is 2.14 bits per heavy atom. The third-order valence-electron chi connectivity index (χ3n) is 4.08. The molecule has 2 amide bonds. The quantitative estimate of drug-likeness (QED) is 0.585. The van der Waals surface area contributed by atoms with Gasteiger partial charge in [0.25, 0.3) is 5.69 Å². The Kier molecular flexibility index (Phi) is 4.42. The highest BCUT2D eigenvalue weighted by atomic mass is 16.6. The van der Waals surface area contributed by atoms with E-state index in [9.17, 15) is 20.0 Å². The number of nitrogens with one attached hydrogen (secondary N) is 2. The maximum atomic E-state index is 12.0. The first kappa shape index (κ1) is 15.2. The second-order valence-electron chi connectivity index (χ2n) is 5.66. The highest BCUT2D eigenvalue weighted by Gasteiger charge is 2.39. The van der Waals surface area contributed by atoms with Gasteiger partial charge in [0.1, 0.15) is 0 Å². The van der Waals surface area contributed by atoms with Crippen LogP contribution in [-0.4, -0.2) is 28.7 Å². The van der Waals surface area contributed by atoms with E-state index in [4.69, 9.17) is 0 Å². The molecule has 114 valence electrons. The normalized spacial score (nSPS) is 24.6. The molecule has 0 saturated heterocycles. The van der Waals surface area contributed by atoms with E-state index < -0.39 is 4.92 Å². The summed E-state index contributed by atoms with van der Waals surface area (Å²) in [5, 5.41) is 25.5. The third-order valence-corrected chi connectivity index (χ3v) is 4.08. The number of non-ortho nitro benzene ring substituents is 1. The number of rotatable bonds is 4. The van der Waals surface area contributed by atoms with E-state index in [2.05, 4.69) is 10.6 Å². The summed E-state index contributed by atoms with van der Waals surface area (Å²) in [7, 11) is 0. The topological polar surface area (TPSA) is 104 Å². The van der Waals surface area contributed by atoms with E-state index in [1.165, 1.54) is 24.3 Å². The zero-order valence-corrected chi connectivity index (χ0v) is 11.8. The fraction of sp³-hybridized carbons (Fsp3) is 0.500. The number of hydrogen-bond acceptors (Lipinski definition) is 4. The molecule has 2 rings (SSSR count). The van der Waals surface area contributed by atoms with Crippen molar-refractivity contribution >= 4 is 17.4 Å². The van der Waals surface area contributed by atoms with Crippen molar-refractivity contribution in [3.8, 4) is 0 Å². The molecule has 1 aliphatic rings. The summed E-state index contributed by atoms with van der Waals surface area (Å²) >= 11 is 0. The standard InChI is InChI=1S/C14H19N3O4/c1-14(9-18)8-2-3-12(14)16-13(19)15-10-4-6-11(7-5-10)17(20)21/h4-7,12,18H,2-3,8-9H2,1H3,(H2,15,16,19)/t12-,14-/m1/s1. The molecular formula is C14H19N3O4. The molecule has 0 heterocycles. The van der Waals surface area contributed by atoms with Crippen LogP contribution >= 0.6 is 0 Å². The fourth-order valence-corrected chi connectivity index (χ4v) is 2.66. The van der Waals surface area contributed by atoms with Gasteiger partial charge in [0.05, 0.1) is 11.5 Å². The van der Waals surface area contributed by atoms with Gasteiger partial charge in [0.15, 0.2) is 0 Å². The molecule has 2 atom stereocenters. The fourth-order valence-electron chi connectivity index (χ4n) is 2.66. The Hall–Kier alpha value is -2.15. The van der Waals surface area contributed by atoms with E-state index in [1.807, 2.05) is 6.92 Å². The zero-order chi connectivity index (χ0) is 15.5. The van der Waals surface area contributed by atoms with Gasteiger partial charge in [0, 0.05) is 29.3 Å². The molecule has 0 aromatic heterocycles. The van der Waals surface area contributed by atoms with E-state index >= 15 is 0 Å². The zero-order valence-electron chi connectivity index (χ0n) is 11.8. The molecule has 1 aliphatic carbocycles. The highest BCUT2D eigenvalue weighted by molar-refractivity contribution is 5.89. The van der Waals surface area contributed by atoms with Crippen molar-refractivity contribution in [2.24, 2.45) is 5.41 Å². The van der Waals surface area contributed by atoms with Crippen molar-refractivity contribution in [3.63, 3.8) is 0 Å². The number of benzene rings is 1. The van der Waals surface area contributed by atoms with Gasteiger partial charge in [-0.25, -0.2) is 4.79 Å². The molecule has 21 heavy (non-hydrogen) atoms. The number of aliphatic hydroxyl groups is 1. The summed E-state index contributed by atoms with van der Waals surface area (Å²) in [6.07, 6.45) is 2.69. The van der Waals surface area contributed by atoms with Crippen LogP contribution in [0.2, 0.25) is 0 Å². The van der Waals surface area contributed by atoms with E-state index in [0.717, 1.165) is 19.3 Å². The average Bonchev–Trinajstić information content (AvgIpc) is 2.81. The van der Waals surface area contributed by atoms with Crippen LogP contribution in [0.25, 0.3) is 0 Å². The largest absolute Gasteiger partial charge is 0.396 e. The number of hydrogen-bond donors (Lipinski definition) is 3. The van der Waals surface area contributed by atoms with Gasteiger partial charge in [0.2, 0.25) is 0 Å². The second-order valence-corrected chi connectivity index (χ2v) is 5.66. The number of urea groups is 1. The minimum atomic E-state index is -0.491. The molecule has 7 heteroatoms. The predicted octanol–water partition coefficient (Wildman–Crippen LogP) is 2.27. The lowest BCUT2D eigenvalue weighted by Gasteiger charge is -2.30. The van der Waals surface area contributed by atoms with Gasteiger partial charge in [-0.1, -0.05) is 13.3 Å². The third kappa shape index (κ3) is 3.49. The first-order valence-electron chi connectivity index (χ1n) is 6.87. The molecule has 1 aromatic carbocycles. The van der Waals surface area contributed by atoms with Crippen LogP contribution in [0.5, 0.6) is 0 Å². The number of aliphatic hydroxyl groups excluding tert-OH is 1. The summed E-state index contributed by atoms with van der Waals surface area (Å²) in [5.41, 5.74) is 0.179. The lowest BCUT2D eigenvalue weighted by molar-refractivity contribution is -0.384. The van der Waals surface area contributed by atoms with Gasteiger partial charge in [-0.2, -0.15) is 0 Å². The monoisotopic (exact) mass is 293 g/mol. The van der Waals surface area contributed by atoms with Crippen LogP contribution < -0.4 is 10.6 Å². The van der Waals surface area contributed by atoms with Crippen molar-refractivity contribution in [3.05, 3.63) is 34.4 Å². The number of amides is 2. The van der Waals surface area contributed by atoms with Crippen LogP contribution in [0.3, 0.4) is 0 Å². The molecule has 0 aliphatic heterocycles. The number of anilines is 1. The van der Waals surface area contributed by atoms with Crippen LogP contribution in [0, 0.1) is 15.5 Å². The van der Waals surface area contributed by atoms with Crippen LogP contribution in [0.15, 0.2) is 24.3 Å². The number of nitro benzene ring substituents is 1. The maximum Gasteiger partial charge on any atom is 0.319 e. The molecule has 0 bridgehead atoms. The molecule has 0 radical (unpaired) electrons. The summed E-state index contributed by atoms with van der Waals surface area (Å²) in [6, 6.07) is 5.21. The first-order chi connectivity index (χ1) is 9.94. The minimum Gasteiger partial charge on any atom is -0.396 e. The van der Waals surface area contributed by atoms with Crippen molar-refractivity contribution in [2.75, 3.05) is 11.9 Å². The predicted molar refractivity (Wildman–Crippen MR) is 78.1 cm³/mol. The molecular weight excluding hydrogens is 274 g/mol.